The van der Waals surface area contributed by atoms with Gasteiger partial charge < -0.3 is 9.47 Å². The molecule has 0 unspecified atom stereocenters. The van der Waals surface area contributed by atoms with Crippen LogP contribution in [0.15, 0.2) is 48.8 Å². The van der Waals surface area contributed by atoms with Crippen molar-refractivity contribution in [3.63, 3.8) is 0 Å². The first-order chi connectivity index (χ1) is 12.2. The molecule has 25 heavy (non-hydrogen) atoms. The van der Waals surface area contributed by atoms with Crippen LogP contribution in [0.25, 0.3) is 11.0 Å². The zero-order chi connectivity index (χ0) is 17.0. The van der Waals surface area contributed by atoms with Gasteiger partial charge in [-0.3, -0.25) is 4.79 Å². The minimum atomic E-state index is 0.148. The molecule has 2 aliphatic rings. The van der Waals surface area contributed by atoms with E-state index < -0.39 is 0 Å². The molecule has 1 saturated heterocycles. The Balaban J connectivity index is 1.48. The van der Waals surface area contributed by atoms with Crippen molar-refractivity contribution in [3.8, 4) is 0 Å². The summed E-state index contributed by atoms with van der Waals surface area (Å²) in [4.78, 5) is 19.7. The van der Waals surface area contributed by atoms with Gasteiger partial charge in [0, 0.05) is 31.1 Å². The molecule has 126 valence electrons. The Morgan fingerprint density at radius 3 is 3.00 bits per heavy atom. The van der Waals surface area contributed by atoms with Gasteiger partial charge in [-0.15, -0.1) is 0 Å². The van der Waals surface area contributed by atoms with Crippen LogP contribution in [0.3, 0.4) is 0 Å². The number of fused-ring (bicyclic) bond motifs is 4. The number of hydrogen-bond donors (Lipinski definition) is 0. The predicted molar refractivity (Wildman–Crippen MR) is 97.7 cm³/mol. The zero-order valence-corrected chi connectivity index (χ0v) is 14.4. The van der Waals surface area contributed by atoms with E-state index in [2.05, 4.69) is 34.1 Å². The van der Waals surface area contributed by atoms with Crippen molar-refractivity contribution in [3.05, 3.63) is 65.5 Å². The standard InChI is InChI=1S/C21H21N3O/c1-23-13-22-18-11-15(8-9-19(18)23)21(25)24-10-4-7-17-16-6-3-2-5-14(16)12-20(17)24/h2-3,5-6,8-9,11,13,17,20H,4,7,10,12H2,1H3/t17-,20+/m1/s1. The number of carbonyl (C=O) groups is 1. The Bertz CT molecular complexity index is 974. The van der Waals surface area contributed by atoms with Crippen LogP contribution in [0, 0.1) is 0 Å². The number of aryl methyl sites for hydroxylation is 1. The summed E-state index contributed by atoms with van der Waals surface area (Å²) in [6.45, 7) is 0.855. The molecule has 1 aliphatic heterocycles. The monoisotopic (exact) mass is 331 g/mol. The molecule has 2 atom stereocenters. The zero-order valence-electron chi connectivity index (χ0n) is 14.4. The molecule has 0 saturated carbocycles. The second-order valence-electron chi connectivity index (χ2n) is 7.28. The Morgan fingerprint density at radius 1 is 1.20 bits per heavy atom. The molecule has 1 fully saturated rings. The van der Waals surface area contributed by atoms with Crippen molar-refractivity contribution in [1.82, 2.24) is 14.5 Å². The summed E-state index contributed by atoms with van der Waals surface area (Å²) in [7, 11) is 1.97. The number of benzene rings is 2. The highest BCUT2D eigenvalue weighted by molar-refractivity contribution is 5.97. The number of likely N-dealkylation sites (tertiary alicyclic amines) is 1. The third-order valence-electron chi connectivity index (χ3n) is 5.90. The first kappa shape index (κ1) is 14.7. The van der Waals surface area contributed by atoms with Gasteiger partial charge in [-0.1, -0.05) is 24.3 Å². The molecule has 0 spiro atoms. The quantitative estimate of drug-likeness (QED) is 0.684. The SMILES string of the molecule is Cn1cnc2cc(C(=O)N3CCC[C@@H]4c5ccccc5C[C@@H]43)ccc21. The minimum Gasteiger partial charge on any atom is -0.335 e. The van der Waals surface area contributed by atoms with Crippen molar-refractivity contribution in [2.24, 2.45) is 7.05 Å². The molecule has 0 radical (unpaired) electrons. The van der Waals surface area contributed by atoms with Crippen LogP contribution >= 0.6 is 0 Å². The topological polar surface area (TPSA) is 38.1 Å². The van der Waals surface area contributed by atoms with Gasteiger partial charge in [0.25, 0.3) is 5.91 Å². The molecule has 2 heterocycles. The molecule has 2 aromatic carbocycles. The lowest BCUT2D eigenvalue weighted by Crippen LogP contribution is -2.46. The highest BCUT2D eigenvalue weighted by atomic mass is 16.2. The van der Waals surface area contributed by atoms with Gasteiger partial charge in [0.1, 0.15) is 0 Å². The molecule has 1 aromatic heterocycles. The fraction of sp³-hybridized carbons (Fsp3) is 0.333. The number of carbonyl (C=O) groups excluding carboxylic acids is 1. The van der Waals surface area contributed by atoms with E-state index in [0.717, 1.165) is 36.0 Å². The lowest BCUT2D eigenvalue weighted by atomic mass is 9.88. The average molecular weight is 331 g/mol. The van der Waals surface area contributed by atoms with Crippen molar-refractivity contribution in [2.45, 2.75) is 31.2 Å². The number of rotatable bonds is 1. The van der Waals surface area contributed by atoms with Gasteiger partial charge >= 0.3 is 0 Å². The van der Waals surface area contributed by atoms with Gasteiger partial charge in [-0.05, 0) is 48.6 Å². The molecular formula is C21H21N3O. The second kappa shape index (κ2) is 5.45. The average Bonchev–Trinajstić information content (AvgIpc) is 3.21. The van der Waals surface area contributed by atoms with Gasteiger partial charge in [0.2, 0.25) is 0 Å². The largest absolute Gasteiger partial charge is 0.335 e. The Labute approximate surface area is 147 Å². The fourth-order valence-corrected chi connectivity index (χ4v) is 4.67. The number of amides is 1. The van der Waals surface area contributed by atoms with Crippen LogP contribution in [0.1, 0.15) is 40.2 Å². The van der Waals surface area contributed by atoms with Crippen LogP contribution < -0.4 is 0 Å². The highest BCUT2D eigenvalue weighted by Crippen LogP contribution is 2.42. The van der Waals surface area contributed by atoms with Crippen molar-refractivity contribution >= 4 is 16.9 Å². The summed E-state index contributed by atoms with van der Waals surface area (Å²) in [6, 6.07) is 14.9. The normalized spacial score (nSPS) is 22.0. The van der Waals surface area contributed by atoms with Gasteiger partial charge in [-0.25, -0.2) is 4.98 Å². The lowest BCUT2D eigenvalue weighted by Gasteiger charge is -2.38. The lowest BCUT2D eigenvalue weighted by molar-refractivity contribution is 0.0595. The van der Waals surface area contributed by atoms with E-state index in [9.17, 15) is 4.79 Å². The first-order valence-corrected chi connectivity index (χ1v) is 9.02. The summed E-state index contributed by atoms with van der Waals surface area (Å²) in [5, 5.41) is 0. The second-order valence-corrected chi connectivity index (χ2v) is 7.28. The Hall–Kier alpha value is -2.62. The van der Waals surface area contributed by atoms with Crippen LogP contribution in [0.2, 0.25) is 0 Å². The molecular weight excluding hydrogens is 310 g/mol. The molecule has 1 aliphatic carbocycles. The van der Waals surface area contributed by atoms with Gasteiger partial charge in [0.15, 0.2) is 0 Å². The maximum absolute atomic E-state index is 13.2. The Morgan fingerprint density at radius 2 is 2.08 bits per heavy atom. The van der Waals surface area contributed by atoms with Crippen molar-refractivity contribution < 1.29 is 4.79 Å². The van der Waals surface area contributed by atoms with Crippen LogP contribution in [-0.2, 0) is 13.5 Å². The molecule has 5 rings (SSSR count). The predicted octanol–water partition coefficient (Wildman–Crippen LogP) is 3.52. The van der Waals surface area contributed by atoms with E-state index in [-0.39, 0.29) is 5.91 Å². The Kier molecular flexibility index (Phi) is 3.20. The smallest absolute Gasteiger partial charge is 0.254 e. The third-order valence-corrected chi connectivity index (χ3v) is 5.90. The van der Waals surface area contributed by atoms with Crippen molar-refractivity contribution in [2.75, 3.05) is 6.54 Å². The summed E-state index contributed by atoms with van der Waals surface area (Å²) < 4.78 is 1.98. The summed E-state index contributed by atoms with van der Waals surface area (Å²) in [5.41, 5.74) is 5.56. The number of nitrogens with zero attached hydrogens (tertiary/aromatic N) is 3. The molecule has 0 N–H and O–H groups in total. The third kappa shape index (κ3) is 2.20. The summed E-state index contributed by atoms with van der Waals surface area (Å²) >= 11 is 0. The van der Waals surface area contributed by atoms with E-state index in [1.807, 2.05) is 29.8 Å². The van der Waals surface area contributed by atoms with Gasteiger partial charge in [0.05, 0.1) is 17.4 Å². The van der Waals surface area contributed by atoms with Crippen LogP contribution in [-0.4, -0.2) is 32.9 Å². The fourth-order valence-electron chi connectivity index (χ4n) is 4.67. The van der Waals surface area contributed by atoms with E-state index in [1.54, 1.807) is 6.33 Å². The number of hydrogen-bond acceptors (Lipinski definition) is 2. The van der Waals surface area contributed by atoms with E-state index in [0.29, 0.717) is 12.0 Å². The maximum atomic E-state index is 13.2. The van der Waals surface area contributed by atoms with Crippen molar-refractivity contribution in [1.29, 1.82) is 0 Å². The molecule has 1 amide bonds. The summed E-state index contributed by atoms with van der Waals surface area (Å²) in [6.07, 6.45) is 5.04. The number of imidazole rings is 1. The highest BCUT2D eigenvalue weighted by Gasteiger charge is 2.40. The number of aromatic nitrogens is 2. The first-order valence-electron chi connectivity index (χ1n) is 9.02. The van der Waals surface area contributed by atoms with E-state index in [1.165, 1.54) is 17.5 Å². The molecule has 4 heteroatoms. The molecule has 3 aromatic rings. The van der Waals surface area contributed by atoms with E-state index in [4.69, 9.17) is 0 Å². The van der Waals surface area contributed by atoms with Crippen LogP contribution in [0.4, 0.5) is 0 Å². The molecule has 4 nitrogen and oxygen atoms in total. The summed E-state index contributed by atoms with van der Waals surface area (Å²) in [5.74, 6) is 0.641. The maximum Gasteiger partial charge on any atom is 0.254 e. The van der Waals surface area contributed by atoms with Crippen LogP contribution in [0.5, 0.6) is 0 Å². The number of piperidine rings is 1. The molecule has 0 bridgehead atoms. The van der Waals surface area contributed by atoms with E-state index >= 15 is 0 Å². The minimum absolute atomic E-state index is 0.148. The van der Waals surface area contributed by atoms with Gasteiger partial charge in [-0.2, -0.15) is 0 Å².